The van der Waals surface area contributed by atoms with Crippen LogP contribution in [0.25, 0.3) is 10.8 Å². The minimum absolute atomic E-state index is 0.0228. The summed E-state index contributed by atoms with van der Waals surface area (Å²) in [5.41, 5.74) is -0.534. The molecule has 0 aliphatic carbocycles. The number of nitrogens with zero attached hydrogens (tertiary/aromatic N) is 2. The molecule has 1 N–H and O–H groups in total. The molecule has 3 rings (SSSR count). The molecule has 0 aliphatic rings. The van der Waals surface area contributed by atoms with Crippen molar-refractivity contribution in [1.29, 1.82) is 0 Å². The van der Waals surface area contributed by atoms with Crippen LogP contribution >= 0.6 is 27.3 Å². The van der Waals surface area contributed by atoms with Crippen LogP contribution in [0, 0.1) is 0 Å². The molecule has 2 aromatic heterocycles. The van der Waals surface area contributed by atoms with E-state index in [4.69, 9.17) is 4.42 Å². The first-order chi connectivity index (χ1) is 10.4. The summed E-state index contributed by atoms with van der Waals surface area (Å²) >= 11 is 4.76. The molecule has 2 heterocycles. The number of alkyl halides is 3. The van der Waals surface area contributed by atoms with Crippen LogP contribution in [0.5, 0.6) is 0 Å². The van der Waals surface area contributed by atoms with Crippen molar-refractivity contribution in [2.45, 2.75) is 6.18 Å². The van der Waals surface area contributed by atoms with Gasteiger partial charge in [-0.3, -0.25) is 0 Å². The minimum Gasteiger partial charge on any atom is -0.402 e. The Kier molecular flexibility index (Phi) is 3.92. The molecule has 0 radical (unpaired) electrons. The Bertz CT molecular complexity index is 800. The van der Waals surface area contributed by atoms with Crippen LogP contribution in [0.3, 0.4) is 0 Å². The van der Waals surface area contributed by atoms with E-state index in [9.17, 15) is 13.2 Å². The van der Waals surface area contributed by atoms with Crippen molar-refractivity contribution in [3.05, 3.63) is 45.7 Å². The number of aromatic nitrogens is 2. The van der Waals surface area contributed by atoms with Crippen LogP contribution in [0.2, 0.25) is 0 Å². The van der Waals surface area contributed by atoms with Crippen molar-refractivity contribution in [1.82, 2.24) is 10.2 Å². The molecular weight excluding hydrogens is 383 g/mol. The van der Waals surface area contributed by atoms with E-state index >= 15 is 0 Å². The van der Waals surface area contributed by atoms with Crippen molar-refractivity contribution in [2.75, 3.05) is 5.32 Å². The predicted octanol–water partition coefficient (Wildman–Crippen LogP) is 5.32. The zero-order valence-electron chi connectivity index (χ0n) is 10.7. The third kappa shape index (κ3) is 3.14. The standard InChI is InChI=1S/C13H7BrF3N3OS/c14-9-4-5-22-10(9)11-19-20-12(21-11)18-8-3-1-2-7(6-8)13(15,16)17/h1-6H,(H,18,20). The summed E-state index contributed by atoms with van der Waals surface area (Å²) in [6, 6.07) is 6.62. The average Bonchev–Trinajstić information content (AvgIpc) is 3.07. The average molecular weight is 390 g/mol. The number of nitrogens with one attached hydrogen (secondary N) is 1. The Balaban J connectivity index is 1.83. The first kappa shape index (κ1) is 15.0. The van der Waals surface area contributed by atoms with Crippen LogP contribution in [-0.2, 0) is 6.18 Å². The molecule has 0 saturated heterocycles. The van der Waals surface area contributed by atoms with Crippen molar-refractivity contribution < 1.29 is 17.6 Å². The Morgan fingerprint density at radius 2 is 2.00 bits per heavy atom. The maximum atomic E-state index is 12.7. The van der Waals surface area contributed by atoms with Crippen LogP contribution in [0.15, 0.2) is 44.6 Å². The SMILES string of the molecule is FC(F)(F)c1cccc(Nc2nnc(-c3sccc3Br)o2)c1. The number of rotatable bonds is 3. The third-order valence-corrected chi connectivity index (χ3v) is 4.50. The Morgan fingerprint density at radius 3 is 2.68 bits per heavy atom. The zero-order chi connectivity index (χ0) is 15.7. The van der Waals surface area contributed by atoms with Gasteiger partial charge in [-0.2, -0.15) is 13.2 Å². The largest absolute Gasteiger partial charge is 0.416 e. The van der Waals surface area contributed by atoms with Gasteiger partial charge in [0.05, 0.1) is 5.56 Å². The van der Waals surface area contributed by atoms with Crippen molar-refractivity contribution in [3.8, 4) is 10.8 Å². The molecule has 0 aliphatic heterocycles. The number of halogens is 4. The summed E-state index contributed by atoms with van der Waals surface area (Å²) in [5.74, 6) is 0.288. The third-order valence-electron chi connectivity index (χ3n) is 2.68. The fourth-order valence-electron chi connectivity index (χ4n) is 1.71. The molecule has 1 aromatic carbocycles. The Labute approximate surface area is 135 Å². The number of hydrogen-bond acceptors (Lipinski definition) is 5. The minimum atomic E-state index is -4.40. The highest BCUT2D eigenvalue weighted by atomic mass is 79.9. The molecule has 0 bridgehead atoms. The number of thiophene rings is 1. The van der Waals surface area contributed by atoms with Gasteiger partial charge in [0.1, 0.15) is 4.88 Å². The van der Waals surface area contributed by atoms with Crippen molar-refractivity contribution in [3.63, 3.8) is 0 Å². The van der Waals surface area contributed by atoms with E-state index < -0.39 is 11.7 Å². The highest BCUT2D eigenvalue weighted by molar-refractivity contribution is 9.10. The molecular formula is C13H7BrF3N3OS. The zero-order valence-corrected chi connectivity index (χ0v) is 13.1. The second-order valence-corrected chi connectivity index (χ2v) is 5.98. The van der Waals surface area contributed by atoms with Gasteiger partial charge in [-0.25, -0.2) is 0 Å². The van der Waals surface area contributed by atoms with E-state index in [0.29, 0.717) is 0 Å². The molecule has 0 saturated carbocycles. The molecule has 0 spiro atoms. The van der Waals surface area contributed by atoms with E-state index in [2.05, 4.69) is 31.4 Å². The smallest absolute Gasteiger partial charge is 0.402 e. The highest BCUT2D eigenvalue weighted by Crippen LogP contribution is 2.34. The van der Waals surface area contributed by atoms with Gasteiger partial charge in [0.15, 0.2) is 0 Å². The van der Waals surface area contributed by atoms with Gasteiger partial charge in [0.2, 0.25) is 0 Å². The summed E-state index contributed by atoms with van der Waals surface area (Å²) in [6.07, 6.45) is -4.40. The van der Waals surface area contributed by atoms with Crippen LogP contribution < -0.4 is 5.32 Å². The summed E-state index contributed by atoms with van der Waals surface area (Å²) in [7, 11) is 0. The van der Waals surface area contributed by atoms with Gasteiger partial charge < -0.3 is 9.73 Å². The van der Waals surface area contributed by atoms with E-state index in [1.165, 1.54) is 23.5 Å². The summed E-state index contributed by atoms with van der Waals surface area (Å²) < 4.78 is 44.2. The van der Waals surface area contributed by atoms with Crippen molar-refractivity contribution in [2.24, 2.45) is 0 Å². The quantitative estimate of drug-likeness (QED) is 0.658. The van der Waals surface area contributed by atoms with E-state index in [-0.39, 0.29) is 17.6 Å². The molecule has 4 nitrogen and oxygen atoms in total. The van der Waals surface area contributed by atoms with Crippen LogP contribution in [0.4, 0.5) is 24.9 Å². The molecule has 9 heteroatoms. The van der Waals surface area contributed by atoms with E-state index in [1.54, 1.807) is 0 Å². The second kappa shape index (κ2) is 5.73. The topological polar surface area (TPSA) is 51.0 Å². The first-order valence-electron chi connectivity index (χ1n) is 5.94. The fourth-order valence-corrected chi connectivity index (χ4v) is 3.17. The maximum Gasteiger partial charge on any atom is 0.416 e. The fraction of sp³-hybridized carbons (Fsp3) is 0.0769. The van der Waals surface area contributed by atoms with Crippen LogP contribution in [-0.4, -0.2) is 10.2 Å². The molecule has 0 unspecified atom stereocenters. The summed E-state index contributed by atoms with van der Waals surface area (Å²) in [6.45, 7) is 0. The number of anilines is 2. The lowest BCUT2D eigenvalue weighted by atomic mass is 10.2. The molecule has 114 valence electrons. The van der Waals surface area contributed by atoms with Gasteiger partial charge in [-0.15, -0.1) is 16.4 Å². The van der Waals surface area contributed by atoms with Crippen molar-refractivity contribution >= 4 is 39.0 Å². The lowest BCUT2D eigenvalue weighted by molar-refractivity contribution is -0.137. The Hall–Kier alpha value is -1.87. The summed E-state index contributed by atoms with van der Waals surface area (Å²) in [5, 5.41) is 12.2. The lowest BCUT2D eigenvalue weighted by Crippen LogP contribution is -2.05. The van der Waals surface area contributed by atoms with E-state index in [0.717, 1.165) is 21.5 Å². The van der Waals surface area contributed by atoms with Gasteiger partial charge in [-0.05, 0) is 45.6 Å². The monoisotopic (exact) mass is 389 g/mol. The molecule has 0 atom stereocenters. The maximum absolute atomic E-state index is 12.7. The number of hydrogen-bond donors (Lipinski definition) is 1. The number of benzene rings is 1. The molecule has 0 amide bonds. The normalized spacial score (nSPS) is 11.6. The van der Waals surface area contributed by atoms with Gasteiger partial charge in [-0.1, -0.05) is 11.2 Å². The van der Waals surface area contributed by atoms with Gasteiger partial charge in [0, 0.05) is 10.2 Å². The molecule has 0 fully saturated rings. The second-order valence-electron chi connectivity index (χ2n) is 4.21. The highest BCUT2D eigenvalue weighted by Gasteiger charge is 2.30. The molecule has 22 heavy (non-hydrogen) atoms. The first-order valence-corrected chi connectivity index (χ1v) is 7.62. The molecule has 3 aromatic rings. The van der Waals surface area contributed by atoms with Gasteiger partial charge in [0.25, 0.3) is 5.89 Å². The lowest BCUT2D eigenvalue weighted by Gasteiger charge is -2.08. The van der Waals surface area contributed by atoms with E-state index in [1.807, 2.05) is 11.4 Å². The Morgan fingerprint density at radius 1 is 1.18 bits per heavy atom. The van der Waals surface area contributed by atoms with Crippen LogP contribution in [0.1, 0.15) is 5.56 Å². The predicted molar refractivity (Wildman–Crippen MR) is 80.0 cm³/mol. The van der Waals surface area contributed by atoms with Gasteiger partial charge >= 0.3 is 12.2 Å². The summed E-state index contributed by atoms with van der Waals surface area (Å²) in [4.78, 5) is 0.754.